The summed E-state index contributed by atoms with van der Waals surface area (Å²) >= 11 is 0. The van der Waals surface area contributed by atoms with E-state index in [0.29, 0.717) is 13.1 Å². The highest BCUT2D eigenvalue weighted by Gasteiger charge is 2.09. The van der Waals surface area contributed by atoms with Crippen molar-refractivity contribution in [1.29, 1.82) is 0 Å². The maximum atomic E-state index is 11.8. The van der Waals surface area contributed by atoms with E-state index >= 15 is 0 Å². The molecule has 132 valence electrons. The van der Waals surface area contributed by atoms with Crippen LogP contribution in [0.25, 0.3) is 0 Å². The zero-order chi connectivity index (χ0) is 18.1. The number of ether oxygens (including phenoxy) is 1. The lowest BCUT2D eigenvalue weighted by Crippen LogP contribution is -2.28. The monoisotopic (exact) mass is 340 g/mol. The summed E-state index contributed by atoms with van der Waals surface area (Å²) in [6.07, 6.45) is -0.419. The topological polar surface area (TPSA) is 67.4 Å². The molecular weight excluding hydrogens is 316 g/mol. The molecule has 2 amide bonds. The summed E-state index contributed by atoms with van der Waals surface area (Å²) in [5.74, 6) is 0.120. The fourth-order valence-electron chi connectivity index (χ4n) is 2.32. The molecule has 0 aliphatic heterocycles. The van der Waals surface area contributed by atoms with E-state index in [2.05, 4.69) is 10.6 Å². The predicted octanol–water partition coefficient (Wildman–Crippen LogP) is 3.35. The van der Waals surface area contributed by atoms with Gasteiger partial charge in [-0.25, -0.2) is 4.79 Å². The van der Waals surface area contributed by atoms with Crippen LogP contribution in [0.4, 0.5) is 4.79 Å². The van der Waals surface area contributed by atoms with Gasteiger partial charge >= 0.3 is 6.09 Å². The highest BCUT2D eigenvalue weighted by molar-refractivity contribution is 5.72. The van der Waals surface area contributed by atoms with Crippen molar-refractivity contribution < 1.29 is 14.3 Å². The minimum absolute atomic E-state index is 0.0457. The van der Waals surface area contributed by atoms with E-state index < -0.39 is 6.09 Å². The number of hydrogen-bond donors (Lipinski definition) is 2. The second-order valence-electron chi connectivity index (χ2n) is 6.00. The second kappa shape index (κ2) is 9.47. The number of alkyl carbamates (subject to hydrolysis) is 1. The number of carbonyl (C=O) groups excluding carboxylic acids is 2. The first kappa shape index (κ1) is 18.5. The molecule has 1 atom stereocenters. The molecule has 2 N–H and O–H groups in total. The van der Waals surface area contributed by atoms with Crippen LogP contribution in [0.5, 0.6) is 0 Å². The SMILES string of the molecule is CC(=O)NCc1ccc(C(C)CNC(=O)OCc2ccccc2)cc1. The number of hydrogen-bond acceptors (Lipinski definition) is 3. The van der Waals surface area contributed by atoms with Crippen LogP contribution in [0, 0.1) is 0 Å². The molecule has 2 aromatic rings. The lowest BCUT2D eigenvalue weighted by atomic mass is 10.00. The molecule has 0 spiro atoms. The van der Waals surface area contributed by atoms with Gasteiger partial charge in [0.2, 0.25) is 5.91 Å². The van der Waals surface area contributed by atoms with E-state index in [4.69, 9.17) is 4.74 Å². The third-order valence-electron chi connectivity index (χ3n) is 3.86. The first-order valence-corrected chi connectivity index (χ1v) is 8.32. The predicted molar refractivity (Wildman–Crippen MR) is 97.0 cm³/mol. The van der Waals surface area contributed by atoms with Gasteiger partial charge in [0.25, 0.3) is 0 Å². The van der Waals surface area contributed by atoms with Crippen LogP contribution < -0.4 is 10.6 Å². The number of nitrogens with one attached hydrogen (secondary N) is 2. The quantitative estimate of drug-likeness (QED) is 0.812. The third-order valence-corrected chi connectivity index (χ3v) is 3.86. The van der Waals surface area contributed by atoms with Gasteiger partial charge in [-0.05, 0) is 22.6 Å². The number of amides is 2. The molecule has 0 aliphatic rings. The number of carbonyl (C=O) groups is 2. The molecule has 0 aromatic heterocycles. The van der Waals surface area contributed by atoms with Gasteiger partial charge < -0.3 is 15.4 Å². The van der Waals surface area contributed by atoms with Crippen LogP contribution in [0.3, 0.4) is 0 Å². The van der Waals surface area contributed by atoms with Gasteiger partial charge in [0.05, 0.1) is 0 Å². The van der Waals surface area contributed by atoms with Crippen molar-refractivity contribution in [1.82, 2.24) is 10.6 Å². The Hall–Kier alpha value is -2.82. The molecule has 0 aliphatic carbocycles. The summed E-state index contributed by atoms with van der Waals surface area (Å²) in [5.41, 5.74) is 3.12. The Morgan fingerprint density at radius 2 is 1.64 bits per heavy atom. The first-order chi connectivity index (χ1) is 12.0. The van der Waals surface area contributed by atoms with E-state index in [-0.39, 0.29) is 18.4 Å². The van der Waals surface area contributed by atoms with E-state index in [1.54, 1.807) is 0 Å². The molecule has 0 fully saturated rings. The molecule has 0 heterocycles. The Morgan fingerprint density at radius 3 is 2.28 bits per heavy atom. The molecular formula is C20H24N2O3. The fraction of sp³-hybridized carbons (Fsp3) is 0.300. The van der Waals surface area contributed by atoms with Gasteiger partial charge in [0.15, 0.2) is 0 Å². The normalized spacial score (nSPS) is 11.4. The highest BCUT2D eigenvalue weighted by Crippen LogP contribution is 2.15. The van der Waals surface area contributed by atoms with Crippen LogP contribution in [0.1, 0.15) is 36.5 Å². The molecule has 5 heteroatoms. The molecule has 2 rings (SSSR count). The van der Waals surface area contributed by atoms with Crippen molar-refractivity contribution in [3.05, 3.63) is 71.3 Å². The van der Waals surface area contributed by atoms with Crippen LogP contribution in [0.15, 0.2) is 54.6 Å². The summed E-state index contributed by atoms with van der Waals surface area (Å²) in [7, 11) is 0. The molecule has 2 aromatic carbocycles. The minimum Gasteiger partial charge on any atom is -0.445 e. The van der Waals surface area contributed by atoms with Gasteiger partial charge in [-0.1, -0.05) is 61.5 Å². The van der Waals surface area contributed by atoms with Gasteiger partial charge in [-0.2, -0.15) is 0 Å². The van der Waals surface area contributed by atoms with Gasteiger partial charge in [-0.3, -0.25) is 4.79 Å². The Morgan fingerprint density at radius 1 is 0.960 bits per heavy atom. The third kappa shape index (κ3) is 6.67. The zero-order valence-corrected chi connectivity index (χ0v) is 14.6. The smallest absolute Gasteiger partial charge is 0.407 e. The lowest BCUT2D eigenvalue weighted by molar-refractivity contribution is -0.119. The summed E-state index contributed by atoms with van der Waals surface area (Å²) < 4.78 is 5.20. The van der Waals surface area contributed by atoms with Crippen LogP contribution in [-0.2, 0) is 22.7 Å². The largest absolute Gasteiger partial charge is 0.445 e. The Bertz CT molecular complexity index is 684. The van der Waals surface area contributed by atoms with E-state index in [1.165, 1.54) is 6.92 Å². The lowest BCUT2D eigenvalue weighted by Gasteiger charge is -2.14. The second-order valence-corrected chi connectivity index (χ2v) is 6.00. The molecule has 0 radical (unpaired) electrons. The number of benzene rings is 2. The van der Waals surface area contributed by atoms with Crippen LogP contribution in [0.2, 0.25) is 0 Å². The molecule has 1 unspecified atom stereocenters. The molecule has 0 bridgehead atoms. The molecule has 5 nitrogen and oxygen atoms in total. The molecule has 0 saturated carbocycles. The summed E-state index contributed by atoms with van der Waals surface area (Å²) in [4.78, 5) is 22.7. The van der Waals surface area contributed by atoms with Crippen molar-refractivity contribution >= 4 is 12.0 Å². The number of rotatable bonds is 7. The fourth-order valence-corrected chi connectivity index (χ4v) is 2.32. The van der Waals surface area contributed by atoms with E-state index in [1.807, 2.05) is 61.5 Å². The average molecular weight is 340 g/mol. The van der Waals surface area contributed by atoms with E-state index in [0.717, 1.165) is 16.7 Å². The van der Waals surface area contributed by atoms with Crippen molar-refractivity contribution in [3.8, 4) is 0 Å². The Balaban J connectivity index is 1.74. The Kier molecular flexibility index (Phi) is 7.01. The maximum Gasteiger partial charge on any atom is 0.407 e. The van der Waals surface area contributed by atoms with Crippen molar-refractivity contribution in [2.24, 2.45) is 0 Å². The first-order valence-electron chi connectivity index (χ1n) is 8.32. The summed E-state index contributed by atoms with van der Waals surface area (Å²) in [5, 5.41) is 5.55. The molecule has 0 saturated heterocycles. The zero-order valence-electron chi connectivity index (χ0n) is 14.6. The Labute approximate surface area is 148 Å². The van der Waals surface area contributed by atoms with Gasteiger partial charge in [0, 0.05) is 20.0 Å². The van der Waals surface area contributed by atoms with E-state index in [9.17, 15) is 9.59 Å². The molecule has 25 heavy (non-hydrogen) atoms. The maximum absolute atomic E-state index is 11.8. The van der Waals surface area contributed by atoms with Crippen molar-refractivity contribution in [3.63, 3.8) is 0 Å². The van der Waals surface area contributed by atoms with Crippen LogP contribution >= 0.6 is 0 Å². The summed E-state index contributed by atoms with van der Waals surface area (Å²) in [6, 6.07) is 17.6. The highest BCUT2D eigenvalue weighted by atomic mass is 16.5. The summed E-state index contributed by atoms with van der Waals surface area (Å²) in [6.45, 7) is 4.82. The van der Waals surface area contributed by atoms with Crippen LogP contribution in [-0.4, -0.2) is 18.5 Å². The average Bonchev–Trinajstić information content (AvgIpc) is 2.64. The van der Waals surface area contributed by atoms with Crippen molar-refractivity contribution in [2.45, 2.75) is 32.9 Å². The van der Waals surface area contributed by atoms with Gasteiger partial charge in [-0.15, -0.1) is 0 Å². The van der Waals surface area contributed by atoms with Gasteiger partial charge in [0.1, 0.15) is 6.61 Å². The van der Waals surface area contributed by atoms with Crippen molar-refractivity contribution in [2.75, 3.05) is 6.54 Å². The minimum atomic E-state index is -0.419. The standard InChI is InChI=1S/C20H24N2O3/c1-15(19-10-8-17(9-11-19)13-21-16(2)23)12-22-20(24)25-14-18-6-4-3-5-7-18/h3-11,15H,12-14H2,1-2H3,(H,21,23)(H,22,24).